The Morgan fingerprint density at radius 3 is 2.53 bits per heavy atom. The van der Waals surface area contributed by atoms with Gasteiger partial charge >= 0.3 is 0 Å². The maximum Gasteiger partial charge on any atom is 0.253 e. The van der Waals surface area contributed by atoms with E-state index in [1.165, 1.54) is 0 Å². The van der Waals surface area contributed by atoms with Crippen molar-refractivity contribution in [2.24, 2.45) is 0 Å². The highest BCUT2D eigenvalue weighted by molar-refractivity contribution is 7.42. The van der Waals surface area contributed by atoms with Crippen LogP contribution in [0.25, 0.3) is 21.9 Å². The number of carbonyl (C=O) groups is 1. The van der Waals surface area contributed by atoms with Gasteiger partial charge in [-0.3, -0.25) is 4.79 Å². The first kappa shape index (κ1) is 25.6. The Morgan fingerprint density at radius 2 is 1.79 bits per heavy atom. The van der Waals surface area contributed by atoms with E-state index in [4.69, 9.17) is 4.74 Å². The van der Waals surface area contributed by atoms with Gasteiger partial charge in [-0.05, 0) is 63.5 Å². The first-order valence-corrected chi connectivity index (χ1v) is 13.9. The minimum Gasteiger partial charge on any atom is -0.364 e. The zero-order chi connectivity index (χ0) is 26.5. The van der Waals surface area contributed by atoms with Crippen LogP contribution in [0.15, 0.2) is 108 Å². The lowest BCUT2D eigenvalue weighted by molar-refractivity contribution is 0.0663. The summed E-state index contributed by atoms with van der Waals surface area (Å²) in [7, 11) is 4.22. The van der Waals surface area contributed by atoms with Crippen molar-refractivity contribution >= 4 is 25.3 Å². The fraction of sp³-hybridized carbons (Fsp3) is 0.152. The van der Waals surface area contributed by atoms with Gasteiger partial charge in [0.1, 0.15) is 6.10 Å². The Morgan fingerprint density at radius 1 is 1.00 bits per heavy atom. The Kier molecular flexibility index (Phi) is 7.80. The van der Waals surface area contributed by atoms with Gasteiger partial charge in [0.15, 0.2) is 0 Å². The third kappa shape index (κ3) is 5.46. The zero-order valence-corrected chi connectivity index (χ0v) is 22.5. The number of carbonyl (C=O) groups excluding carboxylic acids is 1. The third-order valence-electron chi connectivity index (χ3n) is 6.69. The quantitative estimate of drug-likeness (QED) is 0.240. The molecule has 0 saturated heterocycles. The van der Waals surface area contributed by atoms with E-state index in [0.717, 1.165) is 44.8 Å². The number of benzene rings is 4. The highest BCUT2D eigenvalue weighted by atomic mass is 31.1. The molecule has 1 amide bonds. The van der Waals surface area contributed by atoms with Gasteiger partial charge < -0.3 is 9.64 Å². The van der Waals surface area contributed by atoms with Gasteiger partial charge in [-0.25, -0.2) is 0 Å². The average Bonchev–Trinajstić information content (AvgIpc) is 2.97. The van der Waals surface area contributed by atoms with Gasteiger partial charge in [0.25, 0.3) is 5.91 Å². The van der Waals surface area contributed by atoms with E-state index in [2.05, 4.69) is 54.4 Å². The molecule has 0 radical (unpaired) electrons. The minimum absolute atomic E-state index is 0.0209. The molecule has 1 heterocycles. The number of hydrogen-bond donors (Lipinski definition) is 0. The number of rotatable bonds is 7. The molecule has 0 fully saturated rings. The van der Waals surface area contributed by atoms with Crippen molar-refractivity contribution in [2.45, 2.75) is 12.7 Å². The fourth-order valence-electron chi connectivity index (χ4n) is 4.72. The highest BCUT2D eigenvalue weighted by Crippen LogP contribution is 2.38. The molecule has 0 saturated carbocycles. The lowest BCUT2D eigenvalue weighted by atomic mass is 9.91. The number of allylic oxidation sites excluding steroid dienone is 1. The van der Waals surface area contributed by atoms with Crippen molar-refractivity contribution in [2.75, 3.05) is 20.3 Å². The average molecular weight is 517 g/mol. The van der Waals surface area contributed by atoms with E-state index in [0.29, 0.717) is 26.3 Å². The summed E-state index contributed by atoms with van der Waals surface area (Å²) in [6, 6.07) is 30.4. The third-order valence-corrected chi connectivity index (χ3v) is 7.70. The van der Waals surface area contributed by atoms with Crippen molar-refractivity contribution in [3.63, 3.8) is 0 Å². The predicted molar refractivity (Wildman–Crippen MR) is 156 cm³/mol. The van der Waals surface area contributed by atoms with Crippen LogP contribution in [0, 0.1) is 11.3 Å². The van der Waals surface area contributed by atoms with Crippen molar-refractivity contribution in [3.8, 4) is 17.2 Å². The molecular formula is C33H29N2O2P. The van der Waals surface area contributed by atoms with Gasteiger partial charge in [0.2, 0.25) is 0 Å². The summed E-state index contributed by atoms with van der Waals surface area (Å²) in [6.45, 7) is 0.402. The summed E-state index contributed by atoms with van der Waals surface area (Å²) in [5, 5.41) is 12.2. The predicted octanol–water partition coefficient (Wildman–Crippen LogP) is 7.47. The molecule has 0 spiro atoms. The summed E-state index contributed by atoms with van der Waals surface area (Å²) in [4.78, 5) is 13.8. The molecule has 0 N–H and O–H groups in total. The molecule has 0 aliphatic carbocycles. The van der Waals surface area contributed by atoms with E-state index in [1.54, 1.807) is 19.0 Å². The van der Waals surface area contributed by atoms with Crippen LogP contribution in [0.2, 0.25) is 0 Å². The number of nitrogens with zero attached hydrogens (tertiary/aromatic N) is 2. The number of nitriles is 1. The molecule has 4 aromatic carbocycles. The smallest absolute Gasteiger partial charge is 0.253 e. The van der Waals surface area contributed by atoms with E-state index in [9.17, 15) is 10.1 Å². The number of amides is 1. The topological polar surface area (TPSA) is 53.3 Å². The van der Waals surface area contributed by atoms with E-state index < -0.39 is 0 Å². The molecule has 2 atom stereocenters. The van der Waals surface area contributed by atoms with Crippen molar-refractivity contribution in [1.29, 1.82) is 5.26 Å². The molecule has 188 valence electrons. The standard InChI is InChI=1S/C33H29N2O2P/c1-35(2)33(36)25-14-12-23(13-15-25)21-37-32(28-9-6-18-38-22-28)26-16-17-27(20-34)31(19-26)30-11-5-8-24-7-3-4-10-29(24)30/h3-17,19,22,32,38H,18,21H2,1-2H3. The first-order chi connectivity index (χ1) is 18.5. The molecular weight excluding hydrogens is 487 g/mol. The van der Waals surface area contributed by atoms with Crippen LogP contribution in [-0.4, -0.2) is 31.1 Å². The molecule has 1 aliphatic heterocycles. The van der Waals surface area contributed by atoms with Crippen LogP contribution in [0.5, 0.6) is 0 Å². The molecule has 0 aromatic heterocycles. The van der Waals surface area contributed by atoms with Crippen LogP contribution >= 0.6 is 8.58 Å². The second-order valence-electron chi connectivity index (χ2n) is 9.49. The van der Waals surface area contributed by atoms with E-state index in [-0.39, 0.29) is 12.0 Å². The Balaban J connectivity index is 1.50. The van der Waals surface area contributed by atoms with Crippen LogP contribution in [-0.2, 0) is 11.3 Å². The Labute approximate surface area is 225 Å². The minimum atomic E-state index is -0.274. The molecule has 0 bridgehead atoms. The second-order valence-corrected chi connectivity index (χ2v) is 10.6. The summed E-state index contributed by atoms with van der Waals surface area (Å²) < 4.78 is 6.56. The second kappa shape index (κ2) is 11.6. The lowest BCUT2D eigenvalue weighted by Crippen LogP contribution is -2.21. The molecule has 4 aromatic rings. The summed E-state index contributed by atoms with van der Waals surface area (Å²) in [5.74, 6) is 2.24. The van der Waals surface area contributed by atoms with Crippen molar-refractivity contribution < 1.29 is 9.53 Å². The van der Waals surface area contributed by atoms with Crippen molar-refractivity contribution in [3.05, 3.63) is 131 Å². The Hall–Kier alpha value is -4.03. The largest absolute Gasteiger partial charge is 0.364 e. The summed E-state index contributed by atoms with van der Waals surface area (Å²) >= 11 is 0. The van der Waals surface area contributed by atoms with Gasteiger partial charge in [-0.15, -0.1) is 0 Å². The maximum absolute atomic E-state index is 12.3. The van der Waals surface area contributed by atoms with Gasteiger partial charge in [0, 0.05) is 25.2 Å². The van der Waals surface area contributed by atoms with Gasteiger partial charge in [-0.2, -0.15) is 5.26 Å². The fourth-order valence-corrected chi connectivity index (χ4v) is 5.58. The zero-order valence-electron chi connectivity index (χ0n) is 21.5. The molecule has 5 rings (SSSR count). The van der Waals surface area contributed by atoms with E-state index in [1.807, 2.05) is 54.6 Å². The number of fused-ring (bicyclic) bond motifs is 1. The molecule has 1 aliphatic rings. The molecule has 4 nitrogen and oxygen atoms in total. The van der Waals surface area contributed by atoms with E-state index >= 15 is 0 Å². The van der Waals surface area contributed by atoms with Crippen LogP contribution in [0.3, 0.4) is 0 Å². The molecule has 5 heteroatoms. The summed E-state index contributed by atoms with van der Waals surface area (Å²) in [5.41, 5.74) is 6.37. The molecule has 38 heavy (non-hydrogen) atoms. The number of ether oxygens (including phenoxy) is 1. The number of hydrogen-bond acceptors (Lipinski definition) is 3. The summed E-state index contributed by atoms with van der Waals surface area (Å²) in [6.07, 6.45) is 5.12. The Bertz CT molecular complexity index is 1570. The van der Waals surface area contributed by atoms with Gasteiger partial charge in [-0.1, -0.05) is 87.2 Å². The van der Waals surface area contributed by atoms with Crippen LogP contribution < -0.4 is 0 Å². The SMILES string of the molecule is CN(C)C(=O)c1ccc(COC(C2=CPCC=C2)c2ccc(C#N)c(-c3cccc4ccccc34)c2)cc1. The molecule has 2 unspecified atom stereocenters. The highest BCUT2D eigenvalue weighted by Gasteiger charge is 2.20. The van der Waals surface area contributed by atoms with Crippen LogP contribution in [0.1, 0.15) is 33.2 Å². The monoisotopic (exact) mass is 516 g/mol. The van der Waals surface area contributed by atoms with Crippen LogP contribution in [0.4, 0.5) is 0 Å². The van der Waals surface area contributed by atoms with Gasteiger partial charge in [0.05, 0.1) is 18.2 Å². The maximum atomic E-state index is 12.3. The first-order valence-electron chi connectivity index (χ1n) is 12.6. The van der Waals surface area contributed by atoms with Crippen molar-refractivity contribution in [1.82, 2.24) is 4.90 Å². The normalized spacial score (nSPS) is 14.2. The lowest BCUT2D eigenvalue weighted by Gasteiger charge is -2.23.